The normalized spacial score (nSPS) is 20.8. The summed E-state index contributed by atoms with van der Waals surface area (Å²) in [4.78, 5) is 13.2. The monoisotopic (exact) mass is 312 g/mol. The molecule has 16 heavy (non-hydrogen) atoms. The highest BCUT2D eigenvalue weighted by Crippen LogP contribution is 2.14. The van der Waals surface area contributed by atoms with Gasteiger partial charge in [-0.15, -0.1) is 0 Å². The van der Waals surface area contributed by atoms with Crippen molar-refractivity contribution in [3.63, 3.8) is 0 Å². The standard InChI is InChI=1S/C9H17BrN2O3S/c1-7(10)9(13)12-5-3-8(4-6-12)11-16(2,14)15/h7-8,11H,3-6H2,1-2H3. The lowest BCUT2D eigenvalue weighted by Gasteiger charge is -2.32. The van der Waals surface area contributed by atoms with E-state index in [4.69, 9.17) is 0 Å². The van der Waals surface area contributed by atoms with E-state index in [1.807, 2.05) is 0 Å². The lowest BCUT2D eigenvalue weighted by molar-refractivity contribution is -0.131. The van der Waals surface area contributed by atoms with E-state index in [0.717, 1.165) is 6.26 Å². The molecule has 1 aliphatic rings. The Morgan fingerprint density at radius 2 is 1.94 bits per heavy atom. The lowest BCUT2D eigenvalue weighted by atomic mass is 10.1. The molecule has 1 N–H and O–H groups in total. The molecule has 0 spiro atoms. The van der Waals surface area contributed by atoms with Crippen LogP contribution in [0.4, 0.5) is 0 Å². The van der Waals surface area contributed by atoms with Crippen molar-refractivity contribution in [2.75, 3.05) is 19.3 Å². The van der Waals surface area contributed by atoms with Gasteiger partial charge in [0.05, 0.1) is 11.1 Å². The van der Waals surface area contributed by atoms with Crippen LogP contribution < -0.4 is 4.72 Å². The molecule has 0 bridgehead atoms. The van der Waals surface area contributed by atoms with Gasteiger partial charge in [0.15, 0.2) is 0 Å². The van der Waals surface area contributed by atoms with Crippen molar-refractivity contribution >= 4 is 31.9 Å². The molecule has 1 rings (SSSR count). The molecule has 1 unspecified atom stereocenters. The number of amides is 1. The van der Waals surface area contributed by atoms with E-state index in [1.165, 1.54) is 0 Å². The highest BCUT2D eigenvalue weighted by Gasteiger charge is 2.25. The molecule has 1 heterocycles. The van der Waals surface area contributed by atoms with Crippen molar-refractivity contribution in [3.05, 3.63) is 0 Å². The number of alkyl halides is 1. The maximum Gasteiger partial charge on any atom is 0.236 e. The number of rotatable bonds is 3. The fourth-order valence-electron chi connectivity index (χ4n) is 1.77. The van der Waals surface area contributed by atoms with Gasteiger partial charge in [0, 0.05) is 19.1 Å². The zero-order valence-electron chi connectivity index (χ0n) is 9.44. The van der Waals surface area contributed by atoms with Crippen LogP contribution in [0.2, 0.25) is 0 Å². The number of sulfonamides is 1. The fourth-order valence-corrected chi connectivity index (χ4v) is 2.90. The van der Waals surface area contributed by atoms with E-state index in [1.54, 1.807) is 11.8 Å². The van der Waals surface area contributed by atoms with Crippen LogP contribution in [0.15, 0.2) is 0 Å². The number of carbonyl (C=O) groups is 1. The predicted molar refractivity (Wildman–Crippen MR) is 66.0 cm³/mol. The Morgan fingerprint density at radius 1 is 1.44 bits per heavy atom. The van der Waals surface area contributed by atoms with Gasteiger partial charge in [-0.05, 0) is 19.8 Å². The third-order valence-electron chi connectivity index (χ3n) is 2.53. The van der Waals surface area contributed by atoms with Crippen LogP contribution in [0.25, 0.3) is 0 Å². The minimum Gasteiger partial charge on any atom is -0.342 e. The summed E-state index contributed by atoms with van der Waals surface area (Å²) < 4.78 is 24.6. The molecular formula is C9H17BrN2O3S. The minimum atomic E-state index is -3.14. The first-order valence-corrected chi connectivity index (χ1v) is 8.00. The number of hydrogen-bond donors (Lipinski definition) is 1. The van der Waals surface area contributed by atoms with Crippen LogP contribution >= 0.6 is 15.9 Å². The minimum absolute atomic E-state index is 0.0373. The van der Waals surface area contributed by atoms with Crippen LogP contribution in [-0.4, -0.2) is 49.4 Å². The Bertz CT molecular complexity index is 348. The van der Waals surface area contributed by atoms with Crippen LogP contribution in [-0.2, 0) is 14.8 Å². The number of piperidine rings is 1. The molecule has 0 aromatic heterocycles. The molecule has 0 radical (unpaired) electrons. The Morgan fingerprint density at radius 3 is 2.31 bits per heavy atom. The summed E-state index contributed by atoms with van der Waals surface area (Å²) in [5.74, 6) is 0.0674. The van der Waals surface area contributed by atoms with Crippen LogP contribution in [0.1, 0.15) is 19.8 Å². The molecule has 94 valence electrons. The molecule has 1 atom stereocenters. The topological polar surface area (TPSA) is 66.5 Å². The molecule has 5 nitrogen and oxygen atoms in total. The number of likely N-dealkylation sites (tertiary alicyclic amines) is 1. The second kappa shape index (κ2) is 5.46. The first-order valence-electron chi connectivity index (χ1n) is 5.20. The molecule has 0 aromatic carbocycles. The van der Waals surface area contributed by atoms with Gasteiger partial charge in [-0.25, -0.2) is 13.1 Å². The van der Waals surface area contributed by atoms with Gasteiger partial charge in [-0.1, -0.05) is 15.9 Å². The fraction of sp³-hybridized carbons (Fsp3) is 0.889. The maximum atomic E-state index is 11.6. The van der Waals surface area contributed by atoms with Crippen molar-refractivity contribution in [2.24, 2.45) is 0 Å². The van der Waals surface area contributed by atoms with Gasteiger partial charge in [-0.3, -0.25) is 4.79 Å². The summed E-state index contributed by atoms with van der Waals surface area (Å²) in [6, 6.07) is -0.0373. The third kappa shape index (κ3) is 4.39. The van der Waals surface area contributed by atoms with E-state index < -0.39 is 10.0 Å². The summed E-state index contributed by atoms with van der Waals surface area (Å²) in [6.45, 7) is 3.02. The lowest BCUT2D eigenvalue weighted by Crippen LogP contribution is -2.47. The first kappa shape index (κ1) is 13.9. The zero-order valence-corrected chi connectivity index (χ0v) is 11.8. The predicted octanol–water partition coefficient (Wildman–Crippen LogP) is 0.310. The average Bonchev–Trinajstić information content (AvgIpc) is 2.15. The zero-order chi connectivity index (χ0) is 12.3. The van der Waals surface area contributed by atoms with Gasteiger partial charge in [-0.2, -0.15) is 0 Å². The van der Waals surface area contributed by atoms with E-state index in [2.05, 4.69) is 20.7 Å². The van der Waals surface area contributed by atoms with Gasteiger partial charge >= 0.3 is 0 Å². The average molecular weight is 313 g/mol. The number of halogens is 1. The van der Waals surface area contributed by atoms with Crippen molar-refractivity contribution < 1.29 is 13.2 Å². The summed E-state index contributed by atoms with van der Waals surface area (Å²) >= 11 is 3.24. The van der Waals surface area contributed by atoms with Crippen LogP contribution in [0.3, 0.4) is 0 Å². The SMILES string of the molecule is CC(Br)C(=O)N1CCC(NS(C)(=O)=O)CC1. The van der Waals surface area contributed by atoms with Gasteiger partial charge in [0.2, 0.25) is 15.9 Å². The van der Waals surface area contributed by atoms with Gasteiger partial charge < -0.3 is 4.90 Å². The molecule has 1 fully saturated rings. The summed E-state index contributed by atoms with van der Waals surface area (Å²) in [7, 11) is -3.14. The van der Waals surface area contributed by atoms with E-state index in [9.17, 15) is 13.2 Å². The summed E-state index contributed by atoms with van der Waals surface area (Å²) in [5, 5.41) is 0. The second-order valence-corrected chi connectivity index (χ2v) is 7.26. The number of nitrogens with zero attached hydrogens (tertiary/aromatic N) is 1. The molecule has 1 aliphatic heterocycles. The quantitative estimate of drug-likeness (QED) is 0.763. The Labute approximate surface area is 105 Å². The first-order chi connectivity index (χ1) is 7.29. The molecule has 1 amide bonds. The Hall–Kier alpha value is -0.140. The van der Waals surface area contributed by atoms with E-state index in [0.29, 0.717) is 25.9 Å². The summed E-state index contributed by atoms with van der Waals surface area (Å²) in [5.41, 5.74) is 0. The van der Waals surface area contributed by atoms with Crippen LogP contribution in [0.5, 0.6) is 0 Å². The van der Waals surface area contributed by atoms with Gasteiger partial charge in [0.25, 0.3) is 0 Å². The number of carbonyl (C=O) groups excluding carboxylic acids is 1. The van der Waals surface area contributed by atoms with Crippen LogP contribution in [0, 0.1) is 0 Å². The third-order valence-corrected chi connectivity index (χ3v) is 3.68. The number of nitrogens with one attached hydrogen (secondary N) is 1. The molecule has 0 aromatic rings. The van der Waals surface area contributed by atoms with Crippen molar-refractivity contribution in [2.45, 2.75) is 30.6 Å². The molecule has 0 aliphatic carbocycles. The molecular weight excluding hydrogens is 296 g/mol. The smallest absolute Gasteiger partial charge is 0.236 e. The maximum absolute atomic E-state index is 11.6. The van der Waals surface area contributed by atoms with Crippen molar-refractivity contribution in [1.29, 1.82) is 0 Å². The van der Waals surface area contributed by atoms with E-state index in [-0.39, 0.29) is 16.8 Å². The summed E-state index contributed by atoms with van der Waals surface area (Å²) in [6.07, 6.45) is 2.52. The molecule has 0 saturated carbocycles. The van der Waals surface area contributed by atoms with Crippen molar-refractivity contribution in [1.82, 2.24) is 9.62 Å². The molecule has 7 heteroatoms. The second-order valence-electron chi connectivity index (χ2n) is 4.11. The van der Waals surface area contributed by atoms with Crippen molar-refractivity contribution in [3.8, 4) is 0 Å². The Kier molecular flexibility index (Phi) is 4.75. The number of hydrogen-bond acceptors (Lipinski definition) is 3. The largest absolute Gasteiger partial charge is 0.342 e. The van der Waals surface area contributed by atoms with Gasteiger partial charge in [0.1, 0.15) is 0 Å². The molecule has 1 saturated heterocycles. The highest BCUT2D eigenvalue weighted by molar-refractivity contribution is 9.10. The Balaban J connectivity index is 2.43. The highest BCUT2D eigenvalue weighted by atomic mass is 79.9. The van der Waals surface area contributed by atoms with E-state index >= 15 is 0 Å².